The summed E-state index contributed by atoms with van der Waals surface area (Å²) in [6, 6.07) is 5.82. The molecule has 0 unspecified atom stereocenters. The highest BCUT2D eigenvalue weighted by atomic mass is 19.1. The van der Waals surface area contributed by atoms with Gasteiger partial charge in [0.2, 0.25) is 0 Å². The number of anilines is 1. The van der Waals surface area contributed by atoms with Gasteiger partial charge in [0, 0.05) is 5.39 Å². The molecule has 3 rings (SSSR count). The van der Waals surface area contributed by atoms with Gasteiger partial charge in [-0.1, -0.05) is 0 Å². The Morgan fingerprint density at radius 1 is 1.25 bits per heavy atom. The van der Waals surface area contributed by atoms with Gasteiger partial charge in [0.1, 0.15) is 22.9 Å². The van der Waals surface area contributed by atoms with Crippen molar-refractivity contribution in [3.63, 3.8) is 0 Å². The largest absolute Gasteiger partial charge is 0.443 e. The van der Waals surface area contributed by atoms with Crippen LogP contribution in [0.2, 0.25) is 0 Å². The van der Waals surface area contributed by atoms with Gasteiger partial charge in [0.25, 0.3) is 0 Å². The van der Waals surface area contributed by atoms with Gasteiger partial charge in [-0.3, -0.25) is 4.98 Å². The second kappa shape index (κ2) is 5.59. The first-order valence-electron chi connectivity index (χ1n) is 7.37. The van der Waals surface area contributed by atoms with Crippen LogP contribution in [-0.2, 0) is 4.74 Å². The minimum atomic E-state index is -0.674. The summed E-state index contributed by atoms with van der Waals surface area (Å²) in [6.45, 7) is 5.32. The summed E-state index contributed by atoms with van der Waals surface area (Å²) < 4.78 is 20.4. The summed E-state index contributed by atoms with van der Waals surface area (Å²) in [5.74, 6) is -0.172. The van der Waals surface area contributed by atoms with E-state index in [2.05, 4.69) is 9.97 Å². The smallest absolute Gasteiger partial charge is 0.419 e. The molecule has 7 heteroatoms. The number of hydrogen-bond donors (Lipinski definition) is 1. The predicted octanol–water partition coefficient (Wildman–Crippen LogP) is 3.60. The molecule has 0 aliphatic heterocycles. The van der Waals surface area contributed by atoms with Crippen molar-refractivity contribution in [2.24, 2.45) is 0 Å². The van der Waals surface area contributed by atoms with E-state index < -0.39 is 17.5 Å². The summed E-state index contributed by atoms with van der Waals surface area (Å²) in [5.41, 5.74) is 6.36. The first-order valence-corrected chi connectivity index (χ1v) is 7.37. The van der Waals surface area contributed by atoms with Crippen molar-refractivity contribution in [2.75, 3.05) is 5.73 Å². The van der Waals surface area contributed by atoms with Crippen molar-refractivity contribution in [3.8, 4) is 11.4 Å². The number of nitrogens with zero attached hydrogens (tertiary/aromatic N) is 3. The summed E-state index contributed by atoms with van der Waals surface area (Å²) in [4.78, 5) is 20.9. The molecule has 0 fully saturated rings. The molecule has 0 spiro atoms. The molecule has 24 heavy (non-hydrogen) atoms. The fraction of sp³-hybridized carbons (Fsp3) is 0.235. The normalized spacial score (nSPS) is 11.7. The van der Waals surface area contributed by atoms with E-state index in [0.717, 1.165) is 0 Å². The number of ether oxygens (including phenoxy) is 1. The standard InChI is InChI=1S/C17H17FN4O2/c1-17(2,3)24-16(23)22-13-5-4-11(18)6-10(13)7-14(22)12-8-20-9-15(19)21-12/h4-9H,1-3H3,(H2,19,21). The molecule has 0 aliphatic carbocycles. The zero-order valence-electron chi connectivity index (χ0n) is 13.6. The number of rotatable bonds is 1. The Morgan fingerprint density at radius 2 is 2.00 bits per heavy atom. The van der Waals surface area contributed by atoms with Gasteiger partial charge in [-0.05, 0) is 45.0 Å². The average Bonchev–Trinajstić information content (AvgIpc) is 2.84. The van der Waals surface area contributed by atoms with Crippen molar-refractivity contribution in [3.05, 3.63) is 42.5 Å². The molecule has 6 nitrogen and oxygen atoms in total. The van der Waals surface area contributed by atoms with Crippen LogP contribution in [0.1, 0.15) is 20.8 Å². The quantitative estimate of drug-likeness (QED) is 0.738. The van der Waals surface area contributed by atoms with Crippen LogP contribution in [0.4, 0.5) is 15.0 Å². The van der Waals surface area contributed by atoms with E-state index in [9.17, 15) is 9.18 Å². The van der Waals surface area contributed by atoms with Crippen LogP contribution in [0.15, 0.2) is 36.7 Å². The minimum Gasteiger partial charge on any atom is -0.443 e. The number of benzene rings is 1. The van der Waals surface area contributed by atoms with Gasteiger partial charge in [-0.2, -0.15) is 0 Å². The van der Waals surface area contributed by atoms with Gasteiger partial charge in [0.05, 0.1) is 23.6 Å². The van der Waals surface area contributed by atoms with Crippen molar-refractivity contribution < 1.29 is 13.9 Å². The van der Waals surface area contributed by atoms with E-state index in [1.54, 1.807) is 26.8 Å². The van der Waals surface area contributed by atoms with Crippen molar-refractivity contribution >= 4 is 22.8 Å². The van der Waals surface area contributed by atoms with Gasteiger partial charge < -0.3 is 10.5 Å². The molecule has 2 heterocycles. The summed E-state index contributed by atoms with van der Waals surface area (Å²) in [7, 11) is 0. The third-order valence-electron chi connectivity index (χ3n) is 3.26. The fourth-order valence-corrected chi connectivity index (χ4v) is 2.38. The second-order valence-electron chi connectivity index (χ2n) is 6.38. The molecule has 2 aromatic heterocycles. The van der Waals surface area contributed by atoms with Crippen LogP contribution >= 0.6 is 0 Å². The molecular formula is C17H17FN4O2. The number of carbonyl (C=O) groups excluding carboxylic acids is 1. The Labute approximate surface area is 138 Å². The first kappa shape index (κ1) is 15.9. The topological polar surface area (TPSA) is 83.0 Å². The number of fused-ring (bicyclic) bond motifs is 1. The van der Waals surface area contributed by atoms with Crippen molar-refractivity contribution in [2.45, 2.75) is 26.4 Å². The Hall–Kier alpha value is -2.96. The SMILES string of the molecule is CC(C)(C)OC(=O)n1c(-c2cncc(N)n2)cc2cc(F)ccc21. The number of nitrogen functional groups attached to an aromatic ring is 1. The van der Waals surface area contributed by atoms with E-state index in [1.807, 2.05) is 0 Å². The maximum atomic E-state index is 13.5. The Balaban J connectivity index is 2.24. The molecule has 0 amide bonds. The highest BCUT2D eigenvalue weighted by Gasteiger charge is 2.23. The number of halogens is 1. The fourth-order valence-electron chi connectivity index (χ4n) is 2.38. The number of aromatic nitrogens is 3. The molecule has 2 N–H and O–H groups in total. The van der Waals surface area contributed by atoms with E-state index >= 15 is 0 Å². The molecule has 0 saturated heterocycles. The summed E-state index contributed by atoms with van der Waals surface area (Å²) >= 11 is 0. The lowest BCUT2D eigenvalue weighted by Gasteiger charge is -2.20. The molecule has 0 bridgehead atoms. The van der Waals surface area contributed by atoms with Crippen LogP contribution in [-0.4, -0.2) is 26.2 Å². The van der Waals surface area contributed by atoms with E-state index in [1.165, 1.54) is 35.2 Å². The third-order valence-corrected chi connectivity index (χ3v) is 3.26. The van der Waals surface area contributed by atoms with Gasteiger partial charge in [-0.15, -0.1) is 0 Å². The minimum absolute atomic E-state index is 0.222. The zero-order chi connectivity index (χ0) is 17.5. The van der Waals surface area contributed by atoms with Crippen molar-refractivity contribution in [1.29, 1.82) is 0 Å². The highest BCUT2D eigenvalue weighted by Crippen LogP contribution is 2.29. The highest BCUT2D eigenvalue weighted by molar-refractivity contribution is 5.95. The van der Waals surface area contributed by atoms with E-state index in [-0.39, 0.29) is 5.82 Å². The van der Waals surface area contributed by atoms with Crippen LogP contribution in [0.3, 0.4) is 0 Å². The average molecular weight is 328 g/mol. The molecule has 124 valence electrons. The lowest BCUT2D eigenvalue weighted by atomic mass is 10.2. The Bertz CT molecular complexity index is 928. The van der Waals surface area contributed by atoms with E-state index in [0.29, 0.717) is 22.3 Å². The molecule has 0 radical (unpaired) electrons. The van der Waals surface area contributed by atoms with Crippen LogP contribution < -0.4 is 5.73 Å². The molecule has 0 atom stereocenters. The predicted molar refractivity (Wildman–Crippen MR) is 89.0 cm³/mol. The van der Waals surface area contributed by atoms with E-state index in [4.69, 9.17) is 10.5 Å². The molecule has 0 aliphatic rings. The molecule has 1 aromatic carbocycles. The number of nitrogens with two attached hydrogens (primary N) is 1. The molecule has 0 saturated carbocycles. The van der Waals surface area contributed by atoms with Crippen LogP contribution in [0.5, 0.6) is 0 Å². The van der Waals surface area contributed by atoms with Gasteiger partial charge in [-0.25, -0.2) is 18.7 Å². The molecular weight excluding hydrogens is 311 g/mol. The van der Waals surface area contributed by atoms with Crippen LogP contribution in [0, 0.1) is 5.82 Å². The Kier molecular flexibility index (Phi) is 3.71. The van der Waals surface area contributed by atoms with Crippen LogP contribution in [0.25, 0.3) is 22.3 Å². The zero-order valence-corrected chi connectivity index (χ0v) is 13.6. The van der Waals surface area contributed by atoms with Gasteiger partial charge >= 0.3 is 6.09 Å². The lowest BCUT2D eigenvalue weighted by Crippen LogP contribution is -2.27. The summed E-state index contributed by atoms with van der Waals surface area (Å²) in [5, 5.41) is 0.556. The maximum Gasteiger partial charge on any atom is 0.419 e. The monoisotopic (exact) mass is 328 g/mol. The van der Waals surface area contributed by atoms with Gasteiger partial charge in [0.15, 0.2) is 0 Å². The number of hydrogen-bond acceptors (Lipinski definition) is 5. The lowest BCUT2D eigenvalue weighted by molar-refractivity contribution is 0.0547. The first-order chi connectivity index (χ1) is 11.2. The maximum absolute atomic E-state index is 13.5. The molecule has 3 aromatic rings. The van der Waals surface area contributed by atoms with Crippen molar-refractivity contribution in [1.82, 2.24) is 14.5 Å². The third kappa shape index (κ3) is 3.05. The summed E-state index contributed by atoms with van der Waals surface area (Å²) in [6.07, 6.45) is 2.31. The number of carbonyl (C=O) groups is 1. The Morgan fingerprint density at radius 3 is 2.67 bits per heavy atom. The second-order valence-corrected chi connectivity index (χ2v) is 6.38.